The standard InChI is InChI=1S/C16H22N2O/c19-16(10-13-6-8-17-11-13)18-9-7-15(12-18)14-4-2-1-3-5-14/h1-5,13,15,17H,6-12H2. The van der Waals surface area contributed by atoms with Crippen LogP contribution in [0.4, 0.5) is 0 Å². The van der Waals surface area contributed by atoms with Crippen LogP contribution in [0.5, 0.6) is 0 Å². The lowest BCUT2D eigenvalue weighted by Crippen LogP contribution is -2.30. The molecule has 3 nitrogen and oxygen atoms in total. The molecule has 19 heavy (non-hydrogen) atoms. The number of carbonyl (C=O) groups is 1. The average Bonchev–Trinajstić information content (AvgIpc) is 3.10. The van der Waals surface area contributed by atoms with Gasteiger partial charge in [0.1, 0.15) is 0 Å². The molecule has 2 unspecified atom stereocenters. The smallest absolute Gasteiger partial charge is 0.222 e. The summed E-state index contributed by atoms with van der Waals surface area (Å²) in [6, 6.07) is 10.6. The van der Waals surface area contributed by atoms with E-state index in [0.717, 1.165) is 45.4 Å². The number of likely N-dealkylation sites (tertiary alicyclic amines) is 1. The van der Waals surface area contributed by atoms with E-state index in [0.29, 0.717) is 17.7 Å². The van der Waals surface area contributed by atoms with Crippen LogP contribution >= 0.6 is 0 Å². The number of benzene rings is 1. The van der Waals surface area contributed by atoms with Crippen LogP contribution in [0.1, 0.15) is 30.7 Å². The van der Waals surface area contributed by atoms with E-state index in [1.807, 2.05) is 0 Å². The summed E-state index contributed by atoms with van der Waals surface area (Å²) in [5, 5.41) is 3.33. The van der Waals surface area contributed by atoms with Gasteiger partial charge in [0.15, 0.2) is 0 Å². The van der Waals surface area contributed by atoms with Gasteiger partial charge in [0.2, 0.25) is 5.91 Å². The van der Waals surface area contributed by atoms with Crippen molar-refractivity contribution in [2.24, 2.45) is 5.92 Å². The van der Waals surface area contributed by atoms with Crippen molar-refractivity contribution >= 4 is 5.91 Å². The summed E-state index contributed by atoms with van der Waals surface area (Å²) in [6.45, 7) is 3.92. The zero-order chi connectivity index (χ0) is 13.1. The van der Waals surface area contributed by atoms with E-state index in [9.17, 15) is 4.79 Å². The number of nitrogens with one attached hydrogen (secondary N) is 1. The van der Waals surface area contributed by atoms with E-state index < -0.39 is 0 Å². The normalized spacial score (nSPS) is 26.8. The van der Waals surface area contributed by atoms with E-state index in [2.05, 4.69) is 40.5 Å². The maximum Gasteiger partial charge on any atom is 0.222 e. The van der Waals surface area contributed by atoms with Crippen molar-refractivity contribution in [2.75, 3.05) is 26.2 Å². The molecule has 3 heteroatoms. The van der Waals surface area contributed by atoms with Gasteiger partial charge in [-0.05, 0) is 37.4 Å². The van der Waals surface area contributed by atoms with Gasteiger partial charge in [-0.15, -0.1) is 0 Å². The largest absolute Gasteiger partial charge is 0.342 e. The lowest BCUT2D eigenvalue weighted by molar-refractivity contribution is -0.131. The van der Waals surface area contributed by atoms with Crippen LogP contribution < -0.4 is 5.32 Å². The van der Waals surface area contributed by atoms with Gasteiger partial charge < -0.3 is 10.2 Å². The zero-order valence-corrected chi connectivity index (χ0v) is 11.3. The van der Waals surface area contributed by atoms with E-state index >= 15 is 0 Å². The maximum atomic E-state index is 12.3. The molecular formula is C16H22N2O. The van der Waals surface area contributed by atoms with Gasteiger partial charge in [-0.2, -0.15) is 0 Å². The Hall–Kier alpha value is -1.35. The predicted molar refractivity (Wildman–Crippen MR) is 76.0 cm³/mol. The minimum atomic E-state index is 0.354. The maximum absolute atomic E-state index is 12.3. The molecule has 0 aliphatic carbocycles. The van der Waals surface area contributed by atoms with Crippen molar-refractivity contribution < 1.29 is 4.79 Å². The Balaban J connectivity index is 1.55. The van der Waals surface area contributed by atoms with E-state index in [1.165, 1.54) is 5.56 Å². The van der Waals surface area contributed by atoms with Gasteiger partial charge in [-0.3, -0.25) is 4.79 Å². The van der Waals surface area contributed by atoms with Gasteiger partial charge in [-0.25, -0.2) is 0 Å². The number of carbonyl (C=O) groups excluding carboxylic acids is 1. The fourth-order valence-electron chi connectivity index (χ4n) is 3.25. The number of hydrogen-bond acceptors (Lipinski definition) is 2. The molecule has 3 rings (SSSR count). The lowest BCUT2D eigenvalue weighted by Gasteiger charge is -2.18. The van der Waals surface area contributed by atoms with Crippen LogP contribution in [0.25, 0.3) is 0 Å². The quantitative estimate of drug-likeness (QED) is 0.899. The molecule has 2 atom stereocenters. The molecule has 2 heterocycles. The predicted octanol–water partition coefficient (Wildman–Crippen LogP) is 2.00. The average molecular weight is 258 g/mol. The molecule has 0 spiro atoms. The Kier molecular flexibility index (Phi) is 3.83. The molecule has 2 aliphatic heterocycles. The monoisotopic (exact) mass is 258 g/mol. The van der Waals surface area contributed by atoms with Crippen LogP contribution in [0.2, 0.25) is 0 Å². The second-order valence-electron chi connectivity index (χ2n) is 5.80. The highest BCUT2D eigenvalue weighted by Crippen LogP contribution is 2.28. The Morgan fingerprint density at radius 3 is 2.84 bits per heavy atom. The minimum Gasteiger partial charge on any atom is -0.342 e. The number of amides is 1. The first-order chi connectivity index (χ1) is 9.33. The Morgan fingerprint density at radius 2 is 2.11 bits per heavy atom. The van der Waals surface area contributed by atoms with Crippen molar-refractivity contribution in [1.82, 2.24) is 10.2 Å². The van der Waals surface area contributed by atoms with Gasteiger partial charge in [0.05, 0.1) is 0 Å². The minimum absolute atomic E-state index is 0.354. The zero-order valence-electron chi connectivity index (χ0n) is 11.3. The van der Waals surface area contributed by atoms with E-state index in [1.54, 1.807) is 0 Å². The van der Waals surface area contributed by atoms with E-state index in [-0.39, 0.29) is 0 Å². The topological polar surface area (TPSA) is 32.3 Å². The second kappa shape index (κ2) is 5.74. The van der Waals surface area contributed by atoms with Crippen LogP contribution in [0.3, 0.4) is 0 Å². The van der Waals surface area contributed by atoms with Crippen LogP contribution in [0, 0.1) is 5.92 Å². The van der Waals surface area contributed by atoms with Crippen molar-refractivity contribution in [3.63, 3.8) is 0 Å². The molecular weight excluding hydrogens is 236 g/mol. The summed E-state index contributed by atoms with van der Waals surface area (Å²) < 4.78 is 0. The van der Waals surface area contributed by atoms with Gasteiger partial charge >= 0.3 is 0 Å². The first-order valence-corrected chi connectivity index (χ1v) is 7.36. The molecule has 1 aromatic rings. The number of nitrogens with zero attached hydrogens (tertiary/aromatic N) is 1. The van der Waals surface area contributed by atoms with Crippen molar-refractivity contribution in [3.8, 4) is 0 Å². The highest BCUT2D eigenvalue weighted by Gasteiger charge is 2.29. The van der Waals surface area contributed by atoms with Gasteiger partial charge in [0.25, 0.3) is 0 Å². The molecule has 0 aromatic heterocycles. The molecule has 1 amide bonds. The van der Waals surface area contributed by atoms with Crippen molar-refractivity contribution in [1.29, 1.82) is 0 Å². The second-order valence-corrected chi connectivity index (χ2v) is 5.80. The molecule has 0 radical (unpaired) electrons. The van der Waals surface area contributed by atoms with Crippen molar-refractivity contribution in [3.05, 3.63) is 35.9 Å². The molecule has 2 aliphatic rings. The Bertz CT molecular complexity index is 426. The third-order valence-corrected chi connectivity index (χ3v) is 4.44. The molecule has 102 valence electrons. The van der Waals surface area contributed by atoms with Gasteiger partial charge in [-0.1, -0.05) is 30.3 Å². The highest BCUT2D eigenvalue weighted by molar-refractivity contribution is 5.77. The SMILES string of the molecule is O=C(CC1CCNC1)N1CCC(c2ccccc2)C1. The number of rotatable bonds is 3. The molecule has 0 bridgehead atoms. The van der Waals surface area contributed by atoms with Crippen LogP contribution in [-0.4, -0.2) is 37.0 Å². The summed E-state index contributed by atoms with van der Waals surface area (Å²) in [4.78, 5) is 14.3. The fourth-order valence-corrected chi connectivity index (χ4v) is 3.25. The molecule has 2 saturated heterocycles. The first-order valence-electron chi connectivity index (χ1n) is 7.36. The first kappa shape index (κ1) is 12.7. The molecule has 1 aromatic carbocycles. The lowest BCUT2D eigenvalue weighted by atomic mass is 9.99. The van der Waals surface area contributed by atoms with Gasteiger partial charge in [0, 0.05) is 25.4 Å². The van der Waals surface area contributed by atoms with Crippen LogP contribution in [-0.2, 0) is 4.79 Å². The summed E-state index contributed by atoms with van der Waals surface area (Å²) in [5.41, 5.74) is 1.38. The third-order valence-electron chi connectivity index (χ3n) is 4.44. The summed E-state index contributed by atoms with van der Waals surface area (Å²) in [6.07, 6.45) is 2.99. The number of hydrogen-bond donors (Lipinski definition) is 1. The summed E-state index contributed by atoms with van der Waals surface area (Å²) >= 11 is 0. The fraction of sp³-hybridized carbons (Fsp3) is 0.562. The van der Waals surface area contributed by atoms with Crippen LogP contribution in [0.15, 0.2) is 30.3 Å². The Morgan fingerprint density at radius 1 is 1.26 bits per heavy atom. The van der Waals surface area contributed by atoms with E-state index in [4.69, 9.17) is 0 Å². The Labute approximate surface area is 115 Å². The molecule has 2 fully saturated rings. The summed E-state index contributed by atoms with van der Waals surface area (Å²) in [5.74, 6) is 1.45. The molecule has 0 saturated carbocycles. The third kappa shape index (κ3) is 2.98. The summed E-state index contributed by atoms with van der Waals surface area (Å²) in [7, 11) is 0. The van der Waals surface area contributed by atoms with Crippen molar-refractivity contribution in [2.45, 2.75) is 25.2 Å². The molecule has 1 N–H and O–H groups in total. The highest BCUT2D eigenvalue weighted by atomic mass is 16.2.